The van der Waals surface area contributed by atoms with Gasteiger partial charge < -0.3 is 15.7 Å². The van der Waals surface area contributed by atoms with Gasteiger partial charge in [0.15, 0.2) is 0 Å². The number of hydrogen-bond donors (Lipinski definition) is 3. The van der Waals surface area contributed by atoms with Crippen molar-refractivity contribution in [1.29, 1.82) is 0 Å². The molecule has 2 heterocycles. The van der Waals surface area contributed by atoms with Crippen LogP contribution < -0.4 is 10.6 Å². The van der Waals surface area contributed by atoms with Gasteiger partial charge in [0, 0.05) is 31.5 Å². The van der Waals surface area contributed by atoms with Crippen LogP contribution in [-0.4, -0.2) is 34.7 Å². The van der Waals surface area contributed by atoms with Crippen molar-refractivity contribution in [3.8, 4) is 0 Å². The zero-order chi connectivity index (χ0) is 24.8. The molecule has 35 heavy (non-hydrogen) atoms. The number of amides is 1. The molecule has 182 valence electrons. The number of aliphatic hydroxyl groups is 1. The van der Waals surface area contributed by atoms with Gasteiger partial charge in [-0.3, -0.25) is 9.78 Å². The average Bonchev–Trinajstić information content (AvgIpc) is 3.28. The van der Waals surface area contributed by atoms with Gasteiger partial charge in [0.1, 0.15) is 11.6 Å². The van der Waals surface area contributed by atoms with Crippen molar-refractivity contribution in [1.82, 2.24) is 15.6 Å². The fourth-order valence-electron chi connectivity index (χ4n) is 3.97. The van der Waals surface area contributed by atoms with Crippen molar-refractivity contribution in [3.05, 3.63) is 100 Å². The summed E-state index contributed by atoms with van der Waals surface area (Å²) < 4.78 is 28.4. The third kappa shape index (κ3) is 6.69. The first kappa shape index (κ1) is 24.9. The van der Waals surface area contributed by atoms with Gasteiger partial charge in [-0.15, -0.1) is 11.3 Å². The second-order valence-electron chi connectivity index (χ2n) is 8.46. The number of nitrogens with zero attached hydrogens (tertiary/aromatic N) is 1. The van der Waals surface area contributed by atoms with Gasteiger partial charge in [-0.25, -0.2) is 8.78 Å². The van der Waals surface area contributed by atoms with Gasteiger partial charge in [0.25, 0.3) is 5.91 Å². The zero-order valence-electron chi connectivity index (χ0n) is 19.3. The molecule has 0 saturated heterocycles. The molecular formula is C27H27F2N3O2S. The molecule has 0 fully saturated rings. The molecule has 0 spiro atoms. The van der Waals surface area contributed by atoms with E-state index in [2.05, 4.69) is 34.7 Å². The fraction of sp³-hybridized carbons (Fsp3) is 0.259. The summed E-state index contributed by atoms with van der Waals surface area (Å²) in [6.45, 7) is 2.82. The highest BCUT2D eigenvalue weighted by Crippen LogP contribution is 2.24. The van der Waals surface area contributed by atoms with Gasteiger partial charge in [0.2, 0.25) is 0 Å². The Bertz CT molecular complexity index is 1260. The number of aliphatic hydroxyl groups excluding tert-OH is 1. The van der Waals surface area contributed by atoms with E-state index in [9.17, 15) is 18.7 Å². The third-order valence-corrected chi connectivity index (χ3v) is 6.87. The predicted octanol–water partition coefficient (Wildman–Crippen LogP) is 4.63. The standard InChI is InChI=1S/C27H27F2N3O2S/c1-2-17-4-3-5-18(8-17)14-31-15-24(33)23(11-19-9-21(28)13-22(29)10-19)32-27(34)25-12-20-6-7-30-16-26(20)35-25/h3-10,12-13,16,23-24,31,33H,2,11,14-15H2,1H3,(H,32,34). The molecule has 0 aliphatic heterocycles. The van der Waals surface area contributed by atoms with Crippen LogP contribution in [0.2, 0.25) is 0 Å². The molecule has 0 aliphatic carbocycles. The Morgan fingerprint density at radius 3 is 2.57 bits per heavy atom. The quantitative estimate of drug-likeness (QED) is 0.300. The molecule has 5 nitrogen and oxygen atoms in total. The highest BCUT2D eigenvalue weighted by Gasteiger charge is 2.24. The summed E-state index contributed by atoms with van der Waals surface area (Å²) in [5.41, 5.74) is 2.66. The predicted molar refractivity (Wildman–Crippen MR) is 134 cm³/mol. The number of pyridine rings is 1. The number of aryl methyl sites for hydroxylation is 1. The van der Waals surface area contributed by atoms with Crippen LogP contribution in [0, 0.1) is 11.6 Å². The molecule has 0 aliphatic rings. The minimum atomic E-state index is -0.990. The van der Waals surface area contributed by atoms with Crippen LogP contribution in [0.1, 0.15) is 33.3 Å². The molecule has 0 bridgehead atoms. The summed E-state index contributed by atoms with van der Waals surface area (Å²) in [5.74, 6) is -1.77. The maximum atomic E-state index is 13.8. The topological polar surface area (TPSA) is 74.2 Å². The van der Waals surface area contributed by atoms with Crippen molar-refractivity contribution >= 4 is 27.3 Å². The molecule has 2 atom stereocenters. The van der Waals surface area contributed by atoms with Gasteiger partial charge in [-0.05, 0) is 59.2 Å². The molecule has 4 rings (SSSR count). The number of nitrogens with one attached hydrogen (secondary N) is 2. The van der Waals surface area contributed by atoms with Crippen LogP contribution >= 0.6 is 11.3 Å². The molecule has 2 unspecified atom stereocenters. The van der Waals surface area contributed by atoms with Crippen LogP contribution in [0.4, 0.5) is 8.78 Å². The first-order chi connectivity index (χ1) is 16.9. The van der Waals surface area contributed by atoms with Crippen molar-refractivity contribution in [2.45, 2.75) is 38.5 Å². The Hall–Kier alpha value is -3.20. The van der Waals surface area contributed by atoms with E-state index in [4.69, 9.17) is 0 Å². The summed E-state index contributed by atoms with van der Waals surface area (Å²) in [6, 6.07) is 14.2. The maximum absolute atomic E-state index is 13.8. The highest BCUT2D eigenvalue weighted by molar-refractivity contribution is 7.20. The molecule has 4 aromatic rings. The first-order valence-electron chi connectivity index (χ1n) is 11.5. The minimum absolute atomic E-state index is 0.0705. The Morgan fingerprint density at radius 2 is 1.83 bits per heavy atom. The minimum Gasteiger partial charge on any atom is -0.390 e. The van der Waals surface area contributed by atoms with Crippen molar-refractivity contribution in [2.75, 3.05) is 6.54 Å². The number of benzene rings is 2. The number of rotatable bonds is 10. The molecular weight excluding hydrogens is 468 g/mol. The Balaban J connectivity index is 1.47. The summed E-state index contributed by atoms with van der Waals surface area (Å²) in [5, 5.41) is 17.9. The molecule has 2 aromatic carbocycles. The van der Waals surface area contributed by atoms with E-state index in [-0.39, 0.29) is 18.9 Å². The van der Waals surface area contributed by atoms with Crippen LogP contribution in [0.25, 0.3) is 10.1 Å². The van der Waals surface area contributed by atoms with Crippen LogP contribution in [0.15, 0.2) is 67.0 Å². The Labute approximate surface area is 206 Å². The van der Waals surface area contributed by atoms with E-state index in [0.717, 1.165) is 28.1 Å². The number of aromatic nitrogens is 1. The van der Waals surface area contributed by atoms with E-state index in [1.807, 2.05) is 18.2 Å². The van der Waals surface area contributed by atoms with E-state index < -0.39 is 23.8 Å². The lowest BCUT2D eigenvalue weighted by molar-refractivity contribution is 0.0833. The average molecular weight is 496 g/mol. The summed E-state index contributed by atoms with van der Waals surface area (Å²) in [6.07, 6.45) is 3.36. The Morgan fingerprint density at radius 1 is 1.06 bits per heavy atom. The summed E-state index contributed by atoms with van der Waals surface area (Å²) in [4.78, 5) is 17.6. The molecule has 8 heteroatoms. The molecule has 1 amide bonds. The van der Waals surface area contributed by atoms with Gasteiger partial charge in [0.05, 0.1) is 21.7 Å². The lowest BCUT2D eigenvalue weighted by atomic mass is 10.0. The number of fused-ring (bicyclic) bond motifs is 1. The normalized spacial score (nSPS) is 13.0. The van der Waals surface area contributed by atoms with Crippen LogP contribution in [-0.2, 0) is 19.4 Å². The number of carbonyl (C=O) groups excluding carboxylic acids is 1. The van der Waals surface area contributed by atoms with Crippen LogP contribution in [0.5, 0.6) is 0 Å². The summed E-state index contributed by atoms with van der Waals surface area (Å²) >= 11 is 1.30. The Kier molecular flexibility index (Phi) is 8.17. The number of halogens is 2. The van der Waals surface area contributed by atoms with Crippen molar-refractivity contribution in [3.63, 3.8) is 0 Å². The van der Waals surface area contributed by atoms with E-state index in [1.54, 1.807) is 18.5 Å². The first-order valence-corrected chi connectivity index (χ1v) is 12.3. The number of hydrogen-bond acceptors (Lipinski definition) is 5. The van der Waals surface area contributed by atoms with E-state index in [0.29, 0.717) is 17.0 Å². The lowest BCUT2D eigenvalue weighted by Crippen LogP contribution is -2.48. The van der Waals surface area contributed by atoms with E-state index >= 15 is 0 Å². The van der Waals surface area contributed by atoms with Gasteiger partial charge in [-0.2, -0.15) is 0 Å². The smallest absolute Gasteiger partial charge is 0.261 e. The molecule has 0 saturated carbocycles. The maximum Gasteiger partial charge on any atom is 0.261 e. The number of carbonyl (C=O) groups is 1. The zero-order valence-corrected chi connectivity index (χ0v) is 20.1. The lowest BCUT2D eigenvalue weighted by Gasteiger charge is -2.25. The van der Waals surface area contributed by atoms with Crippen molar-refractivity contribution < 1.29 is 18.7 Å². The van der Waals surface area contributed by atoms with Gasteiger partial charge >= 0.3 is 0 Å². The fourth-order valence-corrected chi connectivity index (χ4v) is 4.90. The third-order valence-electron chi connectivity index (χ3n) is 5.79. The molecule has 0 radical (unpaired) electrons. The monoisotopic (exact) mass is 495 g/mol. The summed E-state index contributed by atoms with van der Waals surface area (Å²) in [7, 11) is 0. The molecule has 2 aromatic heterocycles. The van der Waals surface area contributed by atoms with E-state index in [1.165, 1.54) is 29.0 Å². The second-order valence-corrected chi connectivity index (χ2v) is 9.54. The largest absolute Gasteiger partial charge is 0.390 e. The molecule has 3 N–H and O–H groups in total. The number of thiophene rings is 1. The SMILES string of the molecule is CCc1cccc(CNCC(O)C(Cc2cc(F)cc(F)c2)NC(=O)c2cc3ccncc3s2)c1. The highest BCUT2D eigenvalue weighted by atomic mass is 32.1. The van der Waals surface area contributed by atoms with Crippen molar-refractivity contribution in [2.24, 2.45) is 0 Å². The van der Waals surface area contributed by atoms with Crippen LogP contribution in [0.3, 0.4) is 0 Å². The van der Waals surface area contributed by atoms with Gasteiger partial charge in [-0.1, -0.05) is 31.2 Å². The second kappa shape index (κ2) is 11.5.